The van der Waals surface area contributed by atoms with Crippen molar-refractivity contribution in [3.63, 3.8) is 0 Å². The van der Waals surface area contributed by atoms with Crippen LogP contribution in [-0.2, 0) is 6.42 Å². The first-order valence-electron chi connectivity index (χ1n) is 7.31. The molecular formula is C18H23ClN2. The van der Waals surface area contributed by atoms with E-state index < -0.39 is 0 Å². The Balaban J connectivity index is 2.18. The number of hydrogen-bond donors (Lipinski definition) is 2. The van der Waals surface area contributed by atoms with Gasteiger partial charge in [-0.15, -0.1) is 0 Å². The molecule has 0 aliphatic carbocycles. The lowest BCUT2D eigenvalue weighted by Crippen LogP contribution is -2.29. The number of hydrogen-bond acceptors (Lipinski definition) is 2. The van der Waals surface area contributed by atoms with Crippen LogP contribution >= 0.6 is 11.6 Å². The fourth-order valence-corrected chi connectivity index (χ4v) is 2.81. The van der Waals surface area contributed by atoms with Crippen LogP contribution in [0.25, 0.3) is 0 Å². The first-order valence-corrected chi connectivity index (χ1v) is 7.69. The molecule has 0 spiro atoms. The second-order valence-corrected chi connectivity index (χ2v) is 6.32. The van der Waals surface area contributed by atoms with Gasteiger partial charge in [0.2, 0.25) is 0 Å². The molecule has 0 aliphatic heterocycles. The summed E-state index contributed by atoms with van der Waals surface area (Å²) in [4.78, 5) is 0. The van der Waals surface area contributed by atoms with Gasteiger partial charge in [0.25, 0.3) is 0 Å². The maximum atomic E-state index is 6.14. The van der Waals surface area contributed by atoms with Gasteiger partial charge in [0.15, 0.2) is 0 Å². The molecule has 0 radical (unpaired) electrons. The summed E-state index contributed by atoms with van der Waals surface area (Å²) in [6.07, 6.45) is 0.842. The quantitative estimate of drug-likeness (QED) is 0.629. The normalized spacial score (nSPS) is 12.7. The van der Waals surface area contributed by atoms with E-state index in [1.807, 2.05) is 19.1 Å². The monoisotopic (exact) mass is 302 g/mol. The molecule has 0 heterocycles. The van der Waals surface area contributed by atoms with Crippen LogP contribution < -0.4 is 11.3 Å². The SMILES string of the molecule is Cc1cc(Cl)cc(C(Cc2ccc(C(C)C)cc2)NN)c1. The third kappa shape index (κ3) is 4.31. The molecule has 2 rings (SSSR count). The number of benzene rings is 2. The Morgan fingerprint density at radius 1 is 1.05 bits per heavy atom. The van der Waals surface area contributed by atoms with Crippen LogP contribution in [0.4, 0.5) is 0 Å². The zero-order chi connectivity index (χ0) is 15.4. The molecule has 3 N–H and O–H groups in total. The summed E-state index contributed by atoms with van der Waals surface area (Å²) in [5.74, 6) is 6.29. The lowest BCUT2D eigenvalue weighted by Gasteiger charge is -2.18. The second kappa shape index (κ2) is 7.08. The molecule has 2 nitrogen and oxygen atoms in total. The smallest absolute Gasteiger partial charge is 0.0500 e. The van der Waals surface area contributed by atoms with Crippen molar-refractivity contribution in [2.24, 2.45) is 5.84 Å². The summed E-state index contributed by atoms with van der Waals surface area (Å²) >= 11 is 6.14. The number of aryl methyl sites for hydroxylation is 1. The van der Waals surface area contributed by atoms with Crippen molar-refractivity contribution in [2.45, 2.75) is 39.2 Å². The van der Waals surface area contributed by atoms with Crippen molar-refractivity contribution in [1.82, 2.24) is 5.43 Å². The molecule has 21 heavy (non-hydrogen) atoms. The van der Waals surface area contributed by atoms with Crippen LogP contribution in [0.5, 0.6) is 0 Å². The standard InChI is InChI=1S/C18H23ClN2/c1-12(2)15-6-4-14(5-7-15)10-18(21-20)16-8-13(3)9-17(19)11-16/h4-9,11-12,18,21H,10,20H2,1-3H3. The highest BCUT2D eigenvalue weighted by molar-refractivity contribution is 6.30. The largest absolute Gasteiger partial charge is 0.271 e. The number of nitrogens with two attached hydrogens (primary N) is 1. The Kier molecular flexibility index (Phi) is 5.40. The van der Waals surface area contributed by atoms with Crippen LogP contribution in [0.3, 0.4) is 0 Å². The summed E-state index contributed by atoms with van der Waals surface area (Å²) in [6.45, 7) is 6.45. The minimum atomic E-state index is 0.0623. The number of hydrazine groups is 1. The summed E-state index contributed by atoms with van der Waals surface area (Å²) in [6, 6.07) is 14.9. The fraction of sp³-hybridized carbons (Fsp3) is 0.333. The first-order chi connectivity index (χ1) is 9.99. The predicted octanol–water partition coefficient (Wildman–Crippen LogP) is 4.52. The topological polar surface area (TPSA) is 38.0 Å². The Bertz CT molecular complexity index is 570. The van der Waals surface area contributed by atoms with Gasteiger partial charge >= 0.3 is 0 Å². The van der Waals surface area contributed by atoms with E-state index in [0.717, 1.165) is 22.6 Å². The molecule has 1 atom stereocenters. The highest BCUT2D eigenvalue weighted by atomic mass is 35.5. The summed E-state index contributed by atoms with van der Waals surface area (Å²) < 4.78 is 0. The fourth-order valence-electron chi connectivity index (χ4n) is 2.51. The van der Waals surface area contributed by atoms with Crippen LogP contribution in [0.15, 0.2) is 42.5 Å². The van der Waals surface area contributed by atoms with E-state index in [1.165, 1.54) is 11.1 Å². The lowest BCUT2D eigenvalue weighted by atomic mass is 9.96. The zero-order valence-electron chi connectivity index (χ0n) is 12.9. The van der Waals surface area contributed by atoms with Crippen LogP contribution in [0.2, 0.25) is 5.02 Å². The molecule has 0 saturated heterocycles. The van der Waals surface area contributed by atoms with Gasteiger partial charge in [0.1, 0.15) is 0 Å². The summed E-state index contributed by atoms with van der Waals surface area (Å²) in [5.41, 5.74) is 7.79. The van der Waals surface area contributed by atoms with Crippen molar-refractivity contribution < 1.29 is 0 Å². The Labute approximate surface area is 132 Å². The maximum Gasteiger partial charge on any atom is 0.0500 e. The second-order valence-electron chi connectivity index (χ2n) is 5.88. The third-order valence-corrected chi connectivity index (χ3v) is 3.97. The molecule has 0 aromatic heterocycles. The number of halogens is 1. The third-order valence-electron chi connectivity index (χ3n) is 3.75. The molecule has 112 valence electrons. The molecular weight excluding hydrogens is 280 g/mol. The highest BCUT2D eigenvalue weighted by Crippen LogP contribution is 2.24. The summed E-state index contributed by atoms with van der Waals surface area (Å²) in [7, 11) is 0. The minimum absolute atomic E-state index is 0.0623. The van der Waals surface area contributed by atoms with E-state index in [2.05, 4.69) is 49.6 Å². The van der Waals surface area contributed by atoms with Crippen LogP contribution in [0.1, 0.15) is 48.1 Å². The van der Waals surface area contributed by atoms with Crippen LogP contribution in [-0.4, -0.2) is 0 Å². The predicted molar refractivity (Wildman–Crippen MR) is 90.5 cm³/mol. The lowest BCUT2D eigenvalue weighted by molar-refractivity contribution is 0.551. The average molecular weight is 303 g/mol. The van der Waals surface area contributed by atoms with Gasteiger partial charge in [-0.25, -0.2) is 0 Å². The Hall–Kier alpha value is -1.35. The Morgan fingerprint density at radius 2 is 1.71 bits per heavy atom. The highest BCUT2D eigenvalue weighted by Gasteiger charge is 2.12. The van der Waals surface area contributed by atoms with E-state index in [9.17, 15) is 0 Å². The average Bonchev–Trinajstić information content (AvgIpc) is 2.44. The van der Waals surface area contributed by atoms with Gasteiger partial charge < -0.3 is 0 Å². The van der Waals surface area contributed by atoms with Crippen molar-refractivity contribution >= 4 is 11.6 Å². The molecule has 0 bridgehead atoms. The van der Waals surface area contributed by atoms with E-state index in [-0.39, 0.29) is 6.04 Å². The van der Waals surface area contributed by atoms with Gasteiger partial charge in [-0.2, -0.15) is 0 Å². The van der Waals surface area contributed by atoms with Gasteiger partial charge in [-0.3, -0.25) is 11.3 Å². The van der Waals surface area contributed by atoms with Gasteiger partial charge in [0, 0.05) is 5.02 Å². The number of nitrogens with one attached hydrogen (secondary N) is 1. The van der Waals surface area contributed by atoms with Crippen molar-refractivity contribution in [2.75, 3.05) is 0 Å². The van der Waals surface area contributed by atoms with Gasteiger partial charge in [-0.1, -0.05) is 55.8 Å². The van der Waals surface area contributed by atoms with Gasteiger partial charge in [0.05, 0.1) is 6.04 Å². The molecule has 0 saturated carbocycles. The zero-order valence-corrected chi connectivity index (χ0v) is 13.6. The van der Waals surface area contributed by atoms with E-state index in [4.69, 9.17) is 17.4 Å². The Morgan fingerprint density at radius 3 is 2.24 bits per heavy atom. The molecule has 2 aromatic rings. The maximum absolute atomic E-state index is 6.14. The molecule has 0 amide bonds. The van der Waals surface area contributed by atoms with E-state index in [1.54, 1.807) is 0 Å². The molecule has 0 aliphatic rings. The molecule has 0 fully saturated rings. The molecule has 1 unspecified atom stereocenters. The van der Waals surface area contributed by atoms with Gasteiger partial charge in [-0.05, 0) is 53.6 Å². The molecule has 3 heteroatoms. The van der Waals surface area contributed by atoms with E-state index in [0.29, 0.717) is 5.92 Å². The van der Waals surface area contributed by atoms with Crippen molar-refractivity contribution in [3.8, 4) is 0 Å². The first kappa shape index (κ1) is 16.0. The summed E-state index contributed by atoms with van der Waals surface area (Å²) in [5, 5.41) is 0.750. The van der Waals surface area contributed by atoms with E-state index >= 15 is 0 Å². The number of rotatable bonds is 5. The van der Waals surface area contributed by atoms with Crippen LogP contribution in [0, 0.1) is 6.92 Å². The minimum Gasteiger partial charge on any atom is -0.271 e. The van der Waals surface area contributed by atoms with Crippen molar-refractivity contribution in [1.29, 1.82) is 0 Å². The van der Waals surface area contributed by atoms with Crippen molar-refractivity contribution in [3.05, 3.63) is 69.7 Å². The molecule has 2 aromatic carbocycles.